The molecule has 2 fully saturated rings. The molecule has 0 aliphatic heterocycles. The summed E-state index contributed by atoms with van der Waals surface area (Å²) in [5.41, 5.74) is -0.816. The maximum atomic E-state index is 15.2. The summed E-state index contributed by atoms with van der Waals surface area (Å²) >= 11 is 0. The predicted molar refractivity (Wildman–Crippen MR) is 159 cm³/mol. The minimum absolute atomic E-state index is 0.153. The Balaban J connectivity index is 1.44. The topological polar surface area (TPSA) is 93.8 Å². The number of benzene rings is 1. The number of hydrogen-bond donors (Lipinski definition) is 2. The fourth-order valence-electron chi connectivity index (χ4n) is 7.66. The number of aryl methyl sites for hydroxylation is 1. The number of aromatic nitrogens is 4. The van der Waals surface area contributed by atoms with E-state index in [2.05, 4.69) is 34.7 Å². The lowest BCUT2D eigenvalue weighted by Gasteiger charge is -2.66. The van der Waals surface area contributed by atoms with Gasteiger partial charge >= 0.3 is 6.18 Å². The van der Waals surface area contributed by atoms with Gasteiger partial charge in [-0.25, -0.2) is 4.39 Å². The number of nitrogens with zero attached hydrogens (tertiary/aromatic N) is 4. The largest absolute Gasteiger partial charge is 0.406 e. The lowest BCUT2D eigenvalue weighted by atomic mass is 9.38. The van der Waals surface area contributed by atoms with Crippen LogP contribution in [0.1, 0.15) is 87.1 Å². The molecule has 2 N–H and O–H groups in total. The van der Waals surface area contributed by atoms with E-state index >= 15 is 4.39 Å². The van der Waals surface area contributed by atoms with Crippen molar-refractivity contribution in [1.29, 1.82) is 0 Å². The Kier molecular flexibility index (Phi) is 8.28. The van der Waals surface area contributed by atoms with E-state index in [1.165, 1.54) is 12.1 Å². The highest BCUT2D eigenvalue weighted by atomic mass is 19.4. The van der Waals surface area contributed by atoms with Gasteiger partial charge in [-0.2, -0.15) is 13.2 Å². The summed E-state index contributed by atoms with van der Waals surface area (Å²) in [5, 5.41) is 14.1. The maximum Gasteiger partial charge on any atom is 0.406 e. The summed E-state index contributed by atoms with van der Waals surface area (Å²) in [6.45, 7) is 7.81. The monoisotopic (exact) mass is 616 g/mol. The van der Waals surface area contributed by atoms with Gasteiger partial charge in [0.2, 0.25) is 0 Å². The fourth-order valence-corrected chi connectivity index (χ4v) is 7.66. The molecule has 3 aromatic rings. The zero-order valence-electron chi connectivity index (χ0n) is 25.8. The molecule has 12 heteroatoms. The third-order valence-electron chi connectivity index (χ3n) is 8.93. The number of anilines is 1. The standard InChI is InChI=1S/C32H40F4N6O2/c1-20(2)8-9-37-12-21-10-23(27(44)42(13-21)18-32(34,35)36)26(43)39-25-11-22(6-7-24(25)33)31(28-40-38-19-41(28)5)16-30(17-31)14-29(3,4)15-30/h6-7,10-11,13,19-20,37H,8-9,12,14-18H2,1-5H3,(H,39,43). The molecule has 5 rings (SSSR count). The van der Waals surface area contributed by atoms with E-state index < -0.39 is 41.0 Å². The quantitative estimate of drug-likeness (QED) is 0.217. The molecule has 2 aliphatic carbocycles. The van der Waals surface area contributed by atoms with E-state index in [-0.39, 0.29) is 23.1 Å². The van der Waals surface area contributed by atoms with E-state index in [0.717, 1.165) is 49.7 Å². The van der Waals surface area contributed by atoms with Crippen molar-refractivity contribution in [2.75, 3.05) is 11.9 Å². The summed E-state index contributed by atoms with van der Waals surface area (Å²) in [6, 6.07) is 5.75. The van der Waals surface area contributed by atoms with Gasteiger partial charge in [-0.1, -0.05) is 33.8 Å². The zero-order valence-corrected chi connectivity index (χ0v) is 25.8. The Morgan fingerprint density at radius 2 is 1.82 bits per heavy atom. The van der Waals surface area contributed by atoms with E-state index in [0.29, 0.717) is 22.6 Å². The second-order valence-corrected chi connectivity index (χ2v) is 14.0. The number of amides is 1. The molecule has 2 saturated carbocycles. The molecule has 1 amide bonds. The number of hydrogen-bond acceptors (Lipinski definition) is 5. The van der Waals surface area contributed by atoms with Gasteiger partial charge in [-0.3, -0.25) is 9.59 Å². The summed E-state index contributed by atoms with van der Waals surface area (Å²) in [4.78, 5) is 26.5. The van der Waals surface area contributed by atoms with Gasteiger partial charge in [0.15, 0.2) is 0 Å². The smallest absolute Gasteiger partial charge is 0.320 e. The second-order valence-electron chi connectivity index (χ2n) is 14.0. The number of nitrogens with one attached hydrogen (secondary N) is 2. The minimum atomic E-state index is -4.67. The van der Waals surface area contributed by atoms with Crippen LogP contribution in [0.3, 0.4) is 0 Å². The first-order valence-electron chi connectivity index (χ1n) is 15.0. The first-order valence-corrected chi connectivity index (χ1v) is 15.0. The molecular weight excluding hydrogens is 576 g/mol. The molecule has 0 bridgehead atoms. The Labute approximate surface area is 254 Å². The van der Waals surface area contributed by atoms with Gasteiger partial charge in [-0.15, -0.1) is 10.2 Å². The van der Waals surface area contributed by atoms with Crippen LogP contribution in [0.2, 0.25) is 0 Å². The van der Waals surface area contributed by atoms with Crippen molar-refractivity contribution in [2.45, 2.75) is 84.5 Å². The number of carbonyl (C=O) groups excluding carboxylic acids is 1. The van der Waals surface area contributed by atoms with Crippen LogP contribution in [0.25, 0.3) is 0 Å². The van der Waals surface area contributed by atoms with Crippen LogP contribution in [-0.4, -0.2) is 38.0 Å². The fraction of sp³-hybridized carbons (Fsp3) is 0.562. The van der Waals surface area contributed by atoms with Crippen molar-refractivity contribution in [3.05, 3.63) is 75.5 Å². The SMILES string of the molecule is CC(C)CCNCc1cc(C(=O)Nc2cc(C3(c4nncn4C)CC4(CC(C)(C)C4)C3)ccc2F)c(=O)n(CC(F)(F)F)c1. The van der Waals surface area contributed by atoms with Crippen LogP contribution >= 0.6 is 0 Å². The van der Waals surface area contributed by atoms with Crippen molar-refractivity contribution in [1.82, 2.24) is 24.6 Å². The van der Waals surface area contributed by atoms with E-state index in [1.807, 2.05) is 25.5 Å². The molecule has 44 heavy (non-hydrogen) atoms. The lowest BCUT2D eigenvalue weighted by Crippen LogP contribution is -2.59. The first-order chi connectivity index (χ1) is 20.5. The van der Waals surface area contributed by atoms with Crippen LogP contribution in [0, 0.1) is 22.6 Å². The molecule has 0 atom stereocenters. The molecular formula is C32H40F4N6O2. The van der Waals surface area contributed by atoms with Gasteiger partial charge in [0.1, 0.15) is 30.1 Å². The maximum absolute atomic E-state index is 15.2. The average Bonchev–Trinajstić information content (AvgIpc) is 3.31. The Morgan fingerprint density at radius 3 is 2.41 bits per heavy atom. The lowest BCUT2D eigenvalue weighted by molar-refractivity contribution is -0.141. The van der Waals surface area contributed by atoms with E-state index in [9.17, 15) is 22.8 Å². The Hall–Kier alpha value is -3.54. The first kappa shape index (κ1) is 31.9. The number of alkyl halides is 3. The summed E-state index contributed by atoms with van der Waals surface area (Å²) in [5.74, 6) is -0.544. The molecule has 0 radical (unpaired) electrons. The van der Waals surface area contributed by atoms with Crippen LogP contribution in [0.5, 0.6) is 0 Å². The predicted octanol–water partition coefficient (Wildman–Crippen LogP) is 5.95. The Bertz CT molecular complexity index is 1590. The summed E-state index contributed by atoms with van der Waals surface area (Å²) in [6.07, 6.45) is 2.62. The molecule has 8 nitrogen and oxygen atoms in total. The van der Waals surface area contributed by atoms with Crippen molar-refractivity contribution < 1.29 is 22.4 Å². The van der Waals surface area contributed by atoms with E-state index in [4.69, 9.17) is 0 Å². The van der Waals surface area contributed by atoms with Gasteiger partial charge in [-0.05, 0) is 84.7 Å². The minimum Gasteiger partial charge on any atom is -0.320 e. The molecule has 2 aromatic heterocycles. The van der Waals surface area contributed by atoms with Gasteiger partial charge in [0.25, 0.3) is 11.5 Å². The second kappa shape index (κ2) is 11.4. The van der Waals surface area contributed by atoms with Crippen molar-refractivity contribution in [2.24, 2.45) is 23.8 Å². The molecule has 1 spiro atoms. The van der Waals surface area contributed by atoms with Crippen molar-refractivity contribution >= 4 is 11.6 Å². The third-order valence-corrected chi connectivity index (χ3v) is 8.93. The van der Waals surface area contributed by atoms with Crippen LogP contribution in [0.15, 0.2) is 41.6 Å². The summed E-state index contributed by atoms with van der Waals surface area (Å²) < 4.78 is 57.4. The van der Waals surface area contributed by atoms with Gasteiger partial charge in [0, 0.05) is 19.8 Å². The molecule has 2 aliphatic rings. The molecule has 0 saturated heterocycles. The molecule has 238 valence electrons. The number of pyridine rings is 1. The van der Waals surface area contributed by atoms with Crippen LogP contribution in [-0.2, 0) is 25.6 Å². The normalized spacial score (nSPS) is 18.2. The van der Waals surface area contributed by atoms with Gasteiger partial charge < -0.3 is 19.8 Å². The third kappa shape index (κ3) is 6.45. The Morgan fingerprint density at radius 1 is 1.11 bits per heavy atom. The summed E-state index contributed by atoms with van der Waals surface area (Å²) in [7, 11) is 1.86. The number of carbonyl (C=O) groups is 1. The van der Waals surface area contributed by atoms with Crippen LogP contribution < -0.4 is 16.2 Å². The highest BCUT2D eigenvalue weighted by Crippen LogP contribution is 2.71. The van der Waals surface area contributed by atoms with Crippen LogP contribution in [0.4, 0.5) is 23.2 Å². The van der Waals surface area contributed by atoms with E-state index in [1.54, 1.807) is 18.5 Å². The average molecular weight is 617 g/mol. The molecule has 2 heterocycles. The van der Waals surface area contributed by atoms with Crippen molar-refractivity contribution in [3.63, 3.8) is 0 Å². The van der Waals surface area contributed by atoms with Crippen molar-refractivity contribution in [3.8, 4) is 0 Å². The zero-order chi connectivity index (χ0) is 32.1. The highest BCUT2D eigenvalue weighted by molar-refractivity contribution is 6.04. The highest BCUT2D eigenvalue weighted by Gasteiger charge is 2.64. The van der Waals surface area contributed by atoms with Gasteiger partial charge in [0.05, 0.1) is 11.1 Å². The molecule has 0 unspecified atom stereocenters. The molecule has 1 aromatic carbocycles. The number of rotatable bonds is 10. The number of halogens is 4.